The Morgan fingerprint density at radius 1 is 1.15 bits per heavy atom. The van der Waals surface area contributed by atoms with E-state index in [1.165, 1.54) is 24.3 Å². The van der Waals surface area contributed by atoms with E-state index in [9.17, 15) is 24.5 Å². The summed E-state index contributed by atoms with van der Waals surface area (Å²) in [5.74, 6) is -1.47. The van der Waals surface area contributed by atoms with E-state index < -0.39 is 29.3 Å². The average molecular weight is 466 g/mol. The van der Waals surface area contributed by atoms with Crippen LogP contribution < -0.4 is 10.9 Å². The number of benzene rings is 1. The molecule has 0 fully saturated rings. The van der Waals surface area contributed by atoms with Gasteiger partial charge in [0.05, 0.1) is 17.7 Å². The normalized spacial score (nSPS) is 10.8. The Balaban J connectivity index is 1.47. The molecular weight excluding hydrogens is 444 g/mol. The van der Waals surface area contributed by atoms with Gasteiger partial charge in [0.25, 0.3) is 17.5 Å². The zero-order valence-electron chi connectivity index (χ0n) is 18.4. The molecule has 0 aliphatic rings. The number of nitrogens with one attached hydrogen (secondary N) is 2. The first-order valence-corrected chi connectivity index (χ1v) is 10.1. The maximum atomic E-state index is 12.0. The van der Waals surface area contributed by atoms with Gasteiger partial charge in [-0.05, 0) is 49.8 Å². The minimum absolute atomic E-state index is 0.0147. The Hall–Kier alpha value is -4.67. The molecule has 2 heterocycles. The van der Waals surface area contributed by atoms with Gasteiger partial charge >= 0.3 is 5.97 Å². The molecule has 0 aliphatic carbocycles. The fourth-order valence-electron chi connectivity index (χ4n) is 3.14. The highest BCUT2D eigenvalue weighted by Gasteiger charge is 2.13. The summed E-state index contributed by atoms with van der Waals surface area (Å²) in [4.78, 5) is 46.0. The third-order valence-electron chi connectivity index (χ3n) is 4.89. The van der Waals surface area contributed by atoms with Crippen molar-refractivity contribution in [2.24, 2.45) is 0 Å². The van der Waals surface area contributed by atoms with Crippen LogP contribution in [0, 0.1) is 24.0 Å². The van der Waals surface area contributed by atoms with Crippen molar-refractivity contribution >= 4 is 29.5 Å². The lowest BCUT2D eigenvalue weighted by atomic mass is 10.2. The van der Waals surface area contributed by atoms with E-state index in [4.69, 9.17) is 9.15 Å². The molecule has 0 unspecified atom stereocenters. The minimum Gasteiger partial charge on any atom is -0.467 e. The zero-order valence-corrected chi connectivity index (χ0v) is 18.4. The van der Waals surface area contributed by atoms with Crippen molar-refractivity contribution in [1.29, 1.82) is 0 Å². The van der Waals surface area contributed by atoms with Crippen molar-refractivity contribution in [3.63, 3.8) is 0 Å². The van der Waals surface area contributed by atoms with Crippen molar-refractivity contribution in [1.82, 2.24) is 15.4 Å². The van der Waals surface area contributed by atoms with Crippen molar-refractivity contribution < 1.29 is 28.5 Å². The number of ether oxygens (including phenoxy) is 1. The molecule has 176 valence electrons. The standard InChI is InChI=1S/C23H22N4O7/c1-15-11-17(16(2)26(15)13-20-7-4-10-33-20)8-9-22(29)34-14-21(28)24-25-23(30)18-5-3-6-19(12-18)27(31)32/h3-12H,13-14H2,1-2H3,(H,24,28)(H,25,30)/b9-8+. The number of nitro groups is 1. The van der Waals surface area contributed by atoms with Crippen LogP contribution in [-0.4, -0.2) is 33.9 Å². The molecule has 1 aromatic carbocycles. The van der Waals surface area contributed by atoms with Crippen LogP contribution in [0.15, 0.2) is 59.2 Å². The molecule has 2 aromatic heterocycles. The number of non-ortho nitro benzene ring substituents is 1. The minimum atomic E-state index is -0.780. The molecule has 0 spiro atoms. The Kier molecular flexibility index (Phi) is 7.60. The Morgan fingerprint density at radius 2 is 1.94 bits per heavy atom. The summed E-state index contributed by atoms with van der Waals surface area (Å²) in [6.45, 7) is 3.79. The van der Waals surface area contributed by atoms with Gasteiger partial charge in [-0.2, -0.15) is 0 Å². The number of carbonyl (C=O) groups is 3. The second-order valence-electron chi connectivity index (χ2n) is 7.24. The van der Waals surface area contributed by atoms with Crippen LogP contribution in [-0.2, 0) is 20.9 Å². The number of hydrogen-bond acceptors (Lipinski definition) is 7. The third-order valence-corrected chi connectivity index (χ3v) is 4.89. The molecule has 11 nitrogen and oxygen atoms in total. The van der Waals surface area contributed by atoms with Gasteiger partial charge in [0, 0.05) is 35.2 Å². The number of nitro benzene ring substituents is 1. The number of rotatable bonds is 8. The SMILES string of the molecule is Cc1cc(/C=C/C(=O)OCC(=O)NNC(=O)c2cccc([N+](=O)[O-])c2)c(C)n1Cc1ccco1. The number of aryl methyl sites for hydroxylation is 1. The van der Waals surface area contributed by atoms with Crippen LogP contribution in [0.3, 0.4) is 0 Å². The van der Waals surface area contributed by atoms with Gasteiger partial charge in [-0.25, -0.2) is 4.79 Å². The van der Waals surface area contributed by atoms with Crippen molar-refractivity contribution in [3.8, 4) is 0 Å². The van der Waals surface area contributed by atoms with Crippen LogP contribution in [0.25, 0.3) is 6.08 Å². The monoisotopic (exact) mass is 466 g/mol. The van der Waals surface area contributed by atoms with Crippen LogP contribution in [0.4, 0.5) is 5.69 Å². The summed E-state index contributed by atoms with van der Waals surface area (Å²) in [6, 6.07) is 10.6. The first kappa shape index (κ1) is 24.0. The summed E-state index contributed by atoms with van der Waals surface area (Å²) < 4.78 is 12.3. The van der Waals surface area contributed by atoms with Gasteiger partial charge in [0.2, 0.25) is 0 Å². The lowest BCUT2D eigenvalue weighted by Crippen LogP contribution is -2.43. The molecule has 11 heteroatoms. The Morgan fingerprint density at radius 3 is 2.65 bits per heavy atom. The topological polar surface area (TPSA) is 146 Å². The van der Waals surface area contributed by atoms with Crippen LogP contribution in [0.5, 0.6) is 0 Å². The van der Waals surface area contributed by atoms with Gasteiger partial charge < -0.3 is 13.7 Å². The predicted octanol–water partition coefficient (Wildman–Crippen LogP) is 2.67. The van der Waals surface area contributed by atoms with Gasteiger partial charge in [-0.3, -0.25) is 30.6 Å². The van der Waals surface area contributed by atoms with Crippen LogP contribution in [0.2, 0.25) is 0 Å². The number of esters is 1. The number of amides is 2. The lowest BCUT2D eigenvalue weighted by Gasteiger charge is -2.07. The maximum Gasteiger partial charge on any atom is 0.331 e. The van der Waals surface area contributed by atoms with Crippen molar-refractivity contribution in [3.05, 3.63) is 93.2 Å². The van der Waals surface area contributed by atoms with Gasteiger partial charge in [-0.1, -0.05) is 6.07 Å². The number of hydrazine groups is 1. The molecule has 0 aliphatic heterocycles. The third kappa shape index (κ3) is 6.19. The highest BCUT2D eigenvalue weighted by molar-refractivity contribution is 5.96. The van der Waals surface area contributed by atoms with E-state index in [1.807, 2.05) is 36.6 Å². The van der Waals surface area contributed by atoms with Gasteiger partial charge in [0.15, 0.2) is 6.61 Å². The van der Waals surface area contributed by atoms with E-state index >= 15 is 0 Å². The fraction of sp³-hybridized carbons (Fsp3) is 0.174. The molecule has 3 aromatic rings. The van der Waals surface area contributed by atoms with E-state index in [1.54, 1.807) is 12.3 Å². The quantitative estimate of drug-likeness (QED) is 0.225. The summed E-state index contributed by atoms with van der Waals surface area (Å²) in [5, 5.41) is 10.8. The number of nitrogens with zero attached hydrogens (tertiary/aromatic N) is 2. The van der Waals surface area contributed by atoms with Crippen molar-refractivity contribution in [2.45, 2.75) is 20.4 Å². The second kappa shape index (κ2) is 10.8. The molecule has 3 rings (SSSR count). The molecular formula is C23H22N4O7. The second-order valence-corrected chi connectivity index (χ2v) is 7.24. The molecule has 0 radical (unpaired) electrons. The summed E-state index contributed by atoms with van der Waals surface area (Å²) in [6.07, 6.45) is 4.40. The molecule has 0 atom stereocenters. The van der Waals surface area contributed by atoms with Gasteiger partial charge in [-0.15, -0.1) is 0 Å². The van der Waals surface area contributed by atoms with E-state index in [0.29, 0.717) is 6.54 Å². The molecule has 0 saturated heterocycles. The first-order valence-electron chi connectivity index (χ1n) is 10.1. The first-order chi connectivity index (χ1) is 16.2. The molecule has 34 heavy (non-hydrogen) atoms. The summed E-state index contributed by atoms with van der Waals surface area (Å²) >= 11 is 0. The highest BCUT2D eigenvalue weighted by Crippen LogP contribution is 2.19. The summed E-state index contributed by atoms with van der Waals surface area (Å²) in [7, 11) is 0. The molecule has 2 amide bonds. The number of hydrogen-bond donors (Lipinski definition) is 2. The fourth-order valence-corrected chi connectivity index (χ4v) is 3.14. The van der Waals surface area contributed by atoms with Crippen LogP contribution >= 0.6 is 0 Å². The smallest absolute Gasteiger partial charge is 0.331 e. The number of furan rings is 1. The predicted molar refractivity (Wildman–Crippen MR) is 120 cm³/mol. The lowest BCUT2D eigenvalue weighted by molar-refractivity contribution is -0.384. The maximum absolute atomic E-state index is 12.0. The van der Waals surface area contributed by atoms with E-state index in [2.05, 4.69) is 10.9 Å². The van der Waals surface area contributed by atoms with Gasteiger partial charge in [0.1, 0.15) is 5.76 Å². The van der Waals surface area contributed by atoms with E-state index in [0.717, 1.165) is 28.8 Å². The Labute approximate surface area is 194 Å². The Bertz CT molecular complexity index is 1240. The summed E-state index contributed by atoms with van der Waals surface area (Å²) in [5.41, 5.74) is 6.63. The number of carbonyl (C=O) groups excluding carboxylic acids is 3. The number of aromatic nitrogens is 1. The largest absolute Gasteiger partial charge is 0.467 e. The van der Waals surface area contributed by atoms with E-state index in [-0.39, 0.29) is 11.3 Å². The zero-order chi connectivity index (χ0) is 24.7. The molecule has 0 saturated carbocycles. The average Bonchev–Trinajstić information content (AvgIpc) is 3.43. The highest BCUT2D eigenvalue weighted by atomic mass is 16.6. The molecule has 2 N–H and O–H groups in total. The van der Waals surface area contributed by atoms with Crippen molar-refractivity contribution in [2.75, 3.05) is 6.61 Å². The van der Waals surface area contributed by atoms with Crippen LogP contribution in [0.1, 0.15) is 33.1 Å². The molecule has 0 bridgehead atoms.